The second-order valence-electron chi connectivity index (χ2n) is 3.98. The van der Waals surface area contributed by atoms with Gasteiger partial charge in [-0.3, -0.25) is 4.79 Å². The van der Waals surface area contributed by atoms with Crippen LogP contribution in [0, 0.1) is 11.7 Å². The molecule has 0 heterocycles. The van der Waals surface area contributed by atoms with E-state index in [9.17, 15) is 9.18 Å². The van der Waals surface area contributed by atoms with Crippen LogP contribution in [-0.4, -0.2) is 12.5 Å². The Balaban J connectivity index is 2.33. The molecule has 0 aliphatic rings. The van der Waals surface area contributed by atoms with E-state index in [0.29, 0.717) is 13.0 Å². The number of halogens is 1. The Morgan fingerprint density at radius 1 is 1.50 bits per heavy atom. The highest BCUT2D eigenvalue weighted by Crippen LogP contribution is 2.04. The van der Waals surface area contributed by atoms with E-state index < -0.39 is 0 Å². The van der Waals surface area contributed by atoms with Gasteiger partial charge >= 0.3 is 0 Å². The highest BCUT2D eigenvalue weighted by Gasteiger charge is 2.08. The van der Waals surface area contributed by atoms with E-state index in [2.05, 4.69) is 5.32 Å². The van der Waals surface area contributed by atoms with Gasteiger partial charge in [-0.15, -0.1) is 0 Å². The first kappa shape index (κ1) is 12.7. The van der Waals surface area contributed by atoms with Crippen molar-refractivity contribution in [2.45, 2.75) is 26.7 Å². The summed E-state index contributed by atoms with van der Waals surface area (Å²) in [6, 6.07) is 6.45. The number of hydrogen-bond donors (Lipinski definition) is 1. The van der Waals surface area contributed by atoms with E-state index in [1.165, 1.54) is 12.1 Å². The minimum Gasteiger partial charge on any atom is -0.356 e. The minimum atomic E-state index is -0.231. The lowest BCUT2D eigenvalue weighted by atomic mass is 10.1. The van der Waals surface area contributed by atoms with Crippen LogP contribution < -0.4 is 5.32 Å². The summed E-state index contributed by atoms with van der Waals surface area (Å²) in [5, 5.41) is 2.84. The molecule has 0 saturated heterocycles. The highest BCUT2D eigenvalue weighted by molar-refractivity contribution is 5.78. The normalized spacial score (nSPS) is 12.2. The van der Waals surface area contributed by atoms with Gasteiger partial charge in [0.05, 0.1) is 0 Å². The number of amides is 1. The molecule has 88 valence electrons. The number of carbonyl (C=O) groups is 1. The molecular weight excluding hydrogens is 205 g/mol. The van der Waals surface area contributed by atoms with Gasteiger partial charge in [-0.2, -0.15) is 0 Å². The Morgan fingerprint density at radius 3 is 2.88 bits per heavy atom. The molecule has 3 heteroatoms. The molecule has 0 aliphatic heterocycles. The van der Waals surface area contributed by atoms with E-state index in [-0.39, 0.29) is 17.6 Å². The minimum absolute atomic E-state index is 0.0486. The Labute approximate surface area is 95.9 Å². The fourth-order valence-electron chi connectivity index (χ4n) is 1.38. The Morgan fingerprint density at radius 2 is 2.25 bits per heavy atom. The lowest BCUT2D eigenvalue weighted by molar-refractivity contribution is -0.124. The largest absolute Gasteiger partial charge is 0.356 e. The number of nitrogens with one attached hydrogen (secondary N) is 1. The van der Waals surface area contributed by atoms with Gasteiger partial charge < -0.3 is 5.32 Å². The molecule has 1 atom stereocenters. The Bertz CT molecular complexity index is 352. The molecule has 0 bridgehead atoms. The van der Waals surface area contributed by atoms with Gasteiger partial charge in [0.15, 0.2) is 0 Å². The van der Waals surface area contributed by atoms with Crippen molar-refractivity contribution < 1.29 is 9.18 Å². The average Bonchev–Trinajstić information content (AvgIpc) is 2.28. The molecule has 1 amide bonds. The summed E-state index contributed by atoms with van der Waals surface area (Å²) in [7, 11) is 0. The van der Waals surface area contributed by atoms with Gasteiger partial charge in [-0.25, -0.2) is 4.39 Å². The van der Waals surface area contributed by atoms with Crippen molar-refractivity contribution in [2.75, 3.05) is 6.54 Å². The molecule has 2 nitrogen and oxygen atoms in total. The number of rotatable bonds is 5. The molecular formula is C13H18FNO. The van der Waals surface area contributed by atoms with Gasteiger partial charge in [0.25, 0.3) is 0 Å². The maximum absolute atomic E-state index is 12.8. The third-order valence-corrected chi connectivity index (χ3v) is 2.66. The topological polar surface area (TPSA) is 29.1 Å². The van der Waals surface area contributed by atoms with Gasteiger partial charge in [0.2, 0.25) is 5.91 Å². The monoisotopic (exact) mass is 223 g/mol. The molecule has 1 N–H and O–H groups in total. The lowest BCUT2D eigenvalue weighted by Crippen LogP contribution is -2.30. The van der Waals surface area contributed by atoms with E-state index >= 15 is 0 Å². The molecule has 16 heavy (non-hydrogen) atoms. The van der Waals surface area contributed by atoms with Crippen molar-refractivity contribution in [3.05, 3.63) is 35.6 Å². The zero-order chi connectivity index (χ0) is 12.0. The zero-order valence-electron chi connectivity index (χ0n) is 9.79. The summed E-state index contributed by atoms with van der Waals surface area (Å²) in [6.07, 6.45) is 1.51. The third-order valence-electron chi connectivity index (χ3n) is 2.66. The summed E-state index contributed by atoms with van der Waals surface area (Å²) in [6.45, 7) is 4.45. The van der Waals surface area contributed by atoms with E-state index in [1.807, 2.05) is 19.9 Å². The fraction of sp³-hybridized carbons (Fsp3) is 0.462. The first-order chi connectivity index (χ1) is 7.63. The maximum Gasteiger partial charge on any atom is 0.222 e. The van der Waals surface area contributed by atoms with Crippen molar-refractivity contribution in [2.24, 2.45) is 5.92 Å². The van der Waals surface area contributed by atoms with Crippen molar-refractivity contribution in [1.82, 2.24) is 5.32 Å². The van der Waals surface area contributed by atoms with Crippen LogP contribution in [0.25, 0.3) is 0 Å². The number of benzene rings is 1. The highest BCUT2D eigenvalue weighted by atomic mass is 19.1. The molecule has 0 aliphatic carbocycles. The van der Waals surface area contributed by atoms with Crippen LogP contribution in [-0.2, 0) is 11.2 Å². The summed E-state index contributed by atoms with van der Waals surface area (Å²) in [5.41, 5.74) is 0.907. The van der Waals surface area contributed by atoms with Crippen molar-refractivity contribution >= 4 is 5.91 Å². The predicted molar refractivity (Wildman–Crippen MR) is 62.6 cm³/mol. The Kier molecular flexibility index (Phi) is 4.96. The van der Waals surface area contributed by atoms with Gasteiger partial charge in [0, 0.05) is 12.5 Å². The fourth-order valence-corrected chi connectivity index (χ4v) is 1.38. The quantitative estimate of drug-likeness (QED) is 0.816. The van der Waals surface area contributed by atoms with E-state index in [1.54, 1.807) is 6.07 Å². The first-order valence-electron chi connectivity index (χ1n) is 5.65. The molecule has 0 spiro atoms. The molecule has 0 saturated carbocycles. The summed E-state index contributed by atoms with van der Waals surface area (Å²) >= 11 is 0. The van der Waals surface area contributed by atoms with Crippen LogP contribution in [0.5, 0.6) is 0 Å². The number of carbonyl (C=O) groups excluding carboxylic acids is 1. The van der Waals surface area contributed by atoms with Gasteiger partial charge in [-0.05, 0) is 30.5 Å². The number of hydrogen-bond acceptors (Lipinski definition) is 1. The van der Waals surface area contributed by atoms with Crippen LogP contribution in [0.3, 0.4) is 0 Å². The summed E-state index contributed by atoms with van der Waals surface area (Å²) < 4.78 is 12.8. The molecule has 0 radical (unpaired) electrons. The Hall–Kier alpha value is -1.38. The van der Waals surface area contributed by atoms with Crippen LogP contribution in [0.2, 0.25) is 0 Å². The van der Waals surface area contributed by atoms with Crippen LogP contribution >= 0.6 is 0 Å². The molecule has 0 aromatic heterocycles. The van der Waals surface area contributed by atoms with Crippen LogP contribution in [0.4, 0.5) is 4.39 Å². The van der Waals surface area contributed by atoms with E-state index in [4.69, 9.17) is 0 Å². The summed E-state index contributed by atoms with van der Waals surface area (Å²) in [5.74, 6) is -0.114. The maximum atomic E-state index is 12.8. The van der Waals surface area contributed by atoms with Crippen molar-refractivity contribution in [1.29, 1.82) is 0 Å². The van der Waals surface area contributed by atoms with Crippen molar-refractivity contribution in [3.8, 4) is 0 Å². The molecule has 1 aromatic rings. The SMILES string of the molecule is CCC(C)C(=O)NCCc1cccc(F)c1. The molecule has 1 rings (SSSR count). The predicted octanol–water partition coefficient (Wildman–Crippen LogP) is 2.53. The second-order valence-corrected chi connectivity index (χ2v) is 3.98. The van der Waals surface area contributed by atoms with Crippen molar-refractivity contribution in [3.63, 3.8) is 0 Å². The first-order valence-corrected chi connectivity index (χ1v) is 5.65. The van der Waals surface area contributed by atoms with Crippen LogP contribution in [0.15, 0.2) is 24.3 Å². The average molecular weight is 223 g/mol. The van der Waals surface area contributed by atoms with E-state index in [0.717, 1.165) is 12.0 Å². The van der Waals surface area contributed by atoms with Gasteiger partial charge in [-0.1, -0.05) is 26.0 Å². The van der Waals surface area contributed by atoms with Crippen LogP contribution in [0.1, 0.15) is 25.8 Å². The smallest absolute Gasteiger partial charge is 0.222 e. The summed E-state index contributed by atoms with van der Waals surface area (Å²) in [4.78, 5) is 11.4. The molecule has 1 aromatic carbocycles. The lowest BCUT2D eigenvalue weighted by Gasteiger charge is -2.09. The zero-order valence-corrected chi connectivity index (χ0v) is 9.79. The molecule has 1 unspecified atom stereocenters. The molecule has 0 fully saturated rings. The van der Waals surface area contributed by atoms with Gasteiger partial charge in [0.1, 0.15) is 5.82 Å². The third kappa shape index (κ3) is 4.01. The second kappa shape index (κ2) is 6.26. The standard InChI is InChI=1S/C13H18FNO/c1-3-10(2)13(16)15-8-7-11-5-4-6-12(14)9-11/h4-6,9-10H,3,7-8H2,1-2H3,(H,15,16).